The number of hydrogen-bond donors (Lipinski definition) is 1. The smallest absolute Gasteiger partial charge is 0.282 e. The van der Waals surface area contributed by atoms with Crippen molar-refractivity contribution in [2.75, 3.05) is 0 Å². The first-order chi connectivity index (χ1) is 4.02. The van der Waals surface area contributed by atoms with Crippen molar-refractivity contribution in [3.8, 4) is 0 Å². The van der Waals surface area contributed by atoms with E-state index < -0.39 is 10.1 Å². The lowest BCUT2D eigenvalue weighted by Crippen LogP contribution is -1.99. The molecule has 4 heteroatoms. The molecule has 0 spiro atoms. The molecule has 0 heterocycles. The van der Waals surface area contributed by atoms with Gasteiger partial charge in [-0.25, -0.2) is 0 Å². The highest BCUT2D eigenvalue weighted by Gasteiger charge is 2.08. The van der Waals surface area contributed by atoms with Gasteiger partial charge in [0.2, 0.25) is 0 Å². The summed E-state index contributed by atoms with van der Waals surface area (Å²) in [7, 11) is -3.90. The maximum atomic E-state index is 10.3. The lowest BCUT2D eigenvalue weighted by Gasteiger charge is -1.95. The van der Waals surface area contributed by atoms with Crippen LogP contribution in [0.4, 0.5) is 0 Å². The van der Waals surface area contributed by atoms with E-state index in [0.29, 0.717) is 6.42 Å². The molecule has 0 aromatic carbocycles. The van der Waals surface area contributed by atoms with Gasteiger partial charge in [0.25, 0.3) is 10.1 Å². The monoisotopic (exact) mass is 150 g/mol. The minimum absolute atomic E-state index is 0.0718. The van der Waals surface area contributed by atoms with Gasteiger partial charge in [-0.05, 0) is 13.3 Å². The second kappa shape index (κ2) is 2.98. The molecule has 1 N–H and O–H groups in total. The van der Waals surface area contributed by atoms with Crippen molar-refractivity contribution in [1.82, 2.24) is 0 Å². The van der Waals surface area contributed by atoms with Gasteiger partial charge in [-0.15, -0.1) is 0 Å². The molecule has 0 amide bonds. The zero-order valence-electron chi connectivity index (χ0n) is 5.46. The Hall–Kier alpha value is -0.350. The molecule has 9 heavy (non-hydrogen) atoms. The zero-order chi connectivity index (χ0) is 7.49. The zero-order valence-corrected chi connectivity index (χ0v) is 6.27. The molecule has 0 saturated heterocycles. The van der Waals surface area contributed by atoms with Crippen molar-refractivity contribution in [1.29, 1.82) is 0 Å². The average molecular weight is 150 g/mol. The Morgan fingerprint density at radius 3 is 2.11 bits per heavy atom. The highest BCUT2D eigenvalue weighted by Crippen LogP contribution is 2.06. The summed E-state index contributed by atoms with van der Waals surface area (Å²) in [5.74, 6) is 0. The van der Waals surface area contributed by atoms with Gasteiger partial charge in [-0.3, -0.25) is 4.55 Å². The molecular weight excluding hydrogens is 140 g/mol. The summed E-state index contributed by atoms with van der Waals surface area (Å²) in [5, 5.41) is 0. The van der Waals surface area contributed by atoms with E-state index in [4.69, 9.17) is 4.55 Å². The van der Waals surface area contributed by atoms with E-state index in [1.165, 1.54) is 6.08 Å². The van der Waals surface area contributed by atoms with E-state index in [0.717, 1.165) is 0 Å². The van der Waals surface area contributed by atoms with E-state index >= 15 is 0 Å². The van der Waals surface area contributed by atoms with Gasteiger partial charge in [-0.2, -0.15) is 8.42 Å². The number of allylic oxidation sites excluding steroid dienone is 2. The minimum atomic E-state index is -3.90. The van der Waals surface area contributed by atoms with Gasteiger partial charge in [0.15, 0.2) is 0 Å². The Morgan fingerprint density at radius 1 is 1.67 bits per heavy atom. The van der Waals surface area contributed by atoms with Crippen LogP contribution in [0.1, 0.15) is 20.3 Å². The van der Waals surface area contributed by atoms with Crippen molar-refractivity contribution < 1.29 is 13.0 Å². The van der Waals surface area contributed by atoms with E-state index in [9.17, 15) is 8.42 Å². The molecule has 54 valence electrons. The molecule has 0 rings (SSSR count). The summed E-state index contributed by atoms with van der Waals surface area (Å²) >= 11 is 0. The molecule has 0 aliphatic rings. The van der Waals surface area contributed by atoms with Crippen LogP contribution < -0.4 is 0 Å². The normalized spacial score (nSPS) is 13.9. The lowest BCUT2D eigenvalue weighted by atomic mass is 10.4. The molecule has 0 atom stereocenters. The van der Waals surface area contributed by atoms with Crippen LogP contribution >= 0.6 is 0 Å². The summed E-state index contributed by atoms with van der Waals surface area (Å²) in [5.41, 5.74) is 0. The maximum absolute atomic E-state index is 10.3. The van der Waals surface area contributed by atoms with E-state index in [-0.39, 0.29) is 4.91 Å². The van der Waals surface area contributed by atoms with Crippen LogP contribution in [0.3, 0.4) is 0 Å². The van der Waals surface area contributed by atoms with Crippen LogP contribution in [0.15, 0.2) is 11.0 Å². The van der Waals surface area contributed by atoms with E-state index in [2.05, 4.69) is 0 Å². The van der Waals surface area contributed by atoms with Crippen molar-refractivity contribution in [3.63, 3.8) is 0 Å². The van der Waals surface area contributed by atoms with Gasteiger partial charge in [0.1, 0.15) is 0 Å². The van der Waals surface area contributed by atoms with Crippen molar-refractivity contribution in [2.45, 2.75) is 20.3 Å². The molecule has 0 radical (unpaired) electrons. The fraction of sp³-hybridized carbons (Fsp3) is 0.600. The second-order valence-electron chi connectivity index (χ2n) is 1.58. The summed E-state index contributed by atoms with van der Waals surface area (Å²) in [6.45, 7) is 3.25. The highest BCUT2D eigenvalue weighted by molar-refractivity contribution is 7.89. The van der Waals surface area contributed by atoms with Gasteiger partial charge >= 0.3 is 0 Å². The molecule has 0 aliphatic heterocycles. The third-order valence-corrected chi connectivity index (χ3v) is 2.19. The number of hydrogen-bond acceptors (Lipinski definition) is 2. The average Bonchev–Trinajstić information content (AvgIpc) is 1.65. The molecule has 0 unspecified atom stereocenters. The predicted octanol–water partition coefficient (Wildman–Crippen LogP) is 1.19. The van der Waals surface area contributed by atoms with Gasteiger partial charge in [-0.1, -0.05) is 13.0 Å². The molecule has 0 aliphatic carbocycles. The molecular formula is C5H10O3S. The standard InChI is InChI=1S/C5H10O3S/c1-3-5(4-2)9(6,7)8/h3H,4H2,1-2H3,(H,6,7,8)/b5-3+. The molecule has 0 saturated carbocycles. The summed E-state index contributed by atoms with van der Waals surface area (Å²) < 4.78 is 28.9. The molecule has 0 aromatic rings. The minimum Gasteiger partial charge on any atom is -0.282 e. The highest BCUT2D eigenvalue weighted by atomic mass is 32.2. The van der Waals surface area contributed by atoms with E-state index in [1.807, 2.05) is 0 Å². The fourth-order valence-corrected chi connectivity index (χ4v) is 1.20. The van der Waals surface area contributed by atoms with Gasteiger partial charge in [0, 0.05) is 0 Å². The summed E-state index contributed by atoms with van der Waals surface area (Å²) in [6, 6.07) is 0. The van der Waals surface area contributed by atoms with Crippen molar-refractivity contribution in [2.24, 2.45) is 0 Å². The Labute approximate surface area is 55.1 Å². The van der Waals surface area contributed by atoms with Crippen LogP contribution in [-0.2, 0) is 10.1 Å². The number of rotatable bonds is 2. The lowest BCUT2D eigenvalue weighted by molar-refractivity contribution is 0.489. The van der Waals surface area contributed by atoms with Crippen LogP contribution in [0.25, 0.3) is 0 Å². The molecule has 0 fully saturated rings. The third kappa shape index (κ3) is 2.62. The predicted molar refractivity (Wildman–Crippen MR) is 35.6 cm³/mol. The first-order valence-electron chi connectivity index (χ1n) is 2.65. The van der Waals surface area contributed by atoms with Crippen LogP contribution in [0, 0.1) is 0 Å². The first kappa shape index (κ1) is 8.65. The van der Waals surface area contributed by atoms with Crippen molar-refractivity contribution >= 4 is 10.1 Å². The summed E-state index contributed by atoms with van der Waals surface area (Å²) in [6.07, 6.45) is 1.73. The quantitative estimate of drug-likeness (QED) is 0.601. The first-order valence-corrected chi connectivity index (χ1v) is 4.09. The Morgan fingerprint density at radius 2 is 2.11 bits per heavy atom. The van der Waals surface area contributed by atoms with E-state index in [1.54, 1.807) is 13.8 Å². The van der Waals surface area contributed by atoms with Crippen LogP contribution in [-0.4, -0.2) is 13.0 Å². The molecule has 0 bridgehead atoms. The van der Waals surface area contributed by atoms with Gasteiger partial charge in [0.05, 0.1) is 4.91 Å². The van der Waals surface area contributed by atoms with Crippen LogP contribution in [0.5, 0.6) is 0 Å². The topological polar surface area (TPSA) is 54.4 Å². The molecule has 3 nitrogen and oxygen atoms in total. The van der Waals surface area contributed by atoms with Gasteiger partial charge < -0.3 is 0 Å². The second-order valence-corrected chi connectivity index (χ2v) is 3.06. The SMILES string of the molecule is C/C=C(\CC)S(=O)(=O)O. The summed E-state index contributed by atoms with van der Waals surface area (Å²) in [4.78, 5) is 0.0718. The maximum Gasteiger partial charge on any atom is 0.290 e. The third-order valence-electron chi connectivity index (χ3n) is 1.00. The van der Waals surface area contributed by atoms with Crippen LogP contribution in [0.2, 0.25) is 0 Å². The Balaban J connectivity index is 4.56. The Bertz CT molecular complexity index is 200. The fourth-order valence-electron chi connectivity index (χ4n) is 0.535. The largest absolute Gasteiger partial charge is 0.290 e. The van der Waals surface area contributed by atoms with Crippen molar-refractivity contribution in [3.05, 3.63) is 11.0 Å². The molecule has 0 aromatic heterocycles. The Kier molecular flexibility index (Phi) is 2.87.